The van der Waals surface area contributed by atoms with Crippen molar-refractivity contribution in [3.63, 3.8) is 0 Å². The van der Waals surface area contributed by atoms with E-state index in [4.69, 9.17) is 5.73 Å². The lowest BCUT2D eigenvalue weighted by Crippen LogP contribution is -2.17. The molecular weight excluding hydrogens is 224 g/mol. The lowest BCUT2D eigenvalue weighted by atomic mass is 10.0. The molecule has 1 aliphatic carbocycles. The molecule has 1 saturated carbocycles. The number of anilines is 1. The minimum atomic E-state index is 0.0720. The average molecular weight is 246 g/mol. The van der Waals surface area contributed by atoms with E-state index in [9.17, 15) is 4.79 Å². The van der Waals surface area contributed by atoms with Crippen LogP contribution in [0.2, 0.25) is 0 Å². The van der Waals surface area contributed by atoms with Crippen LogP contribution in [-0.4, -0.2) is 5.91 Å². The van der Waals surface area contributed by atoms with Gasteiger partial charge in [-0.05, 0) is 28.5 Å². The number of nitrogens with two attached hydrogens (primary N) is 1. The molecule has 3 nitrogen and oxygen atoms in total. The van der Waals surface area contributed by atoms with Gasteiger partial charge in [0.25, 0.3) is 0 Å². The smallest absolute Gasteiger partial charge is 0.228 e. The van der Waals surface area contributed by atoms with E-state index in [1.54, 1.807) is 0 Å². The van der Waals surface area contributed by atoms with Crippen molar-refractivity contribution in [2.75, 3.05) is 5.32 Å². The molecule has 0 atom stereocenters. The van der Waals surface area contributed by atoms with E-state index in [0.29, 0.717) is 6.54 Å². The summed E-state index contributed by atoms with van der Waals surface area (Å²) in [6.45, 7) is 9.08. The molecule has 18 heavy (non-hydrogen) atoms. The van der Waals surface area contributed by atoms with E-state index in [2.05, 4.69) is 33.0 Å². The molecule has 0 spiro atoms. The van der Waals surface area contributed by atoms with Crippen LogP contribution in [0.1, 0.15) is 33.3 Å². The van der Waals surface area contributed by atoms with E-state index in [1.165, 1.54) is 0 Å². The van der Waals surface area contributed by atoms with Crippen LogP contribution in [-0.2, 0) is 11.3 Å². The Kier molecular flexibility index (Phi) is 2.98. The predicted octanol–water partition coefficient (Wildman–Crippen LogP) is 2.77. The molecule has 3 heteroatoms. The van der Waals surface area contributed by atoms with Crippen LogP contribution in [0.3, 0.4) is 0 Å². The number of benzene rings is 1. The highest BCUT2D eigenvalue weighted by Crippen LogP contribution is 2.68. The van der Waals surface area contributed by atoms with Crippen molar-refractivity contribution in [1.29, 1.82) is 0 Å². The van der Waals surface area contributed by atoms with E-state index < -0.39 is 0 Å². The molecule has 0 heterocycles. The molecule has 0 unspecified atom stereocenters. The van der Waals surface area contributed by atoms with Crippen molar-refractivity contribution in [2.24, 2.45) is 22.5 Å². The average Bonchev–Trinajstić information content (AvgIpc) is 2.69. The fourth-order valence-electron chi connectivity index (χ4n) is 2.84. The van der Waals surface area contributed by atoms with Gasteiger partial charge in [-0.25, -0.2) is 0 Å². The Morgan fingerprint density at radius 3 is 2.39 bits per heavy atom. The zero-order valence-electron chi connectivity index (χ0n) is 11.6. The van der Waals surface area contributed by atoms with Crippen molar-refractivity contribution < 1.29 is 4.79 Å². The van der Waals surface area contributed by atoms with Gasteiger partial charge in [-0.3, -0.25) is 4.79 Å². The Balaban J connectivity index is 2.09. The van der Waals surface area contributed by atoms with Crippen LogP contribution in [0.4, 0.5) is 5.69 Å². The van der Waals surface area contributed by atoms with Crippen molar-refractivity contribution >= 4 is 11.6 Å². The van der Waals surface area contributed by atoms with Crippen LogP contribution < -0.4 is 11.1 Å². The van der Waals surface area contributed by atoms with Gasteiger partial charge in [0.2, 0.25) is 5.91 Å². The molecule has 1 amide bonds. The zero-order valence-corrected chi connectivity index (χ0v) is 11.6. The Labute approximate surface area is 109 Å². The third-order valence-corrected chi connectivity index (χ3v) is 4.71. The molecule has 1 aromatic carbocycles. The lowest BCUT2D eigenvalue weighted by Gasteiger charge is -2.07. The summed E-state index contributed by atoms with van der Waals surface area (Å²) in [4.78, 5) is 12.3. The van der Waals surface area contributed by atoms with Crippen LogP contribution in [0.25, 0.3) is 0 Å². The molecule has 1 fully saturated rings. The number of carbonyl (C=O) groups excluding carboxylic acids is 1. The summed E-state index contributed by atoms with van der Waals surface area (Å²) >= 11 is 0. The number of hydrogen-bond donors (Lipinski definition) is 2. The van der Waals surface area contributed by atoms with E-state index in [1.807, 2.05) is 24.3 Å². The summed E-state index contributed by atoms with van der Waals surface area (Å²) in [6, 6.07) is 7.71. The highest BCUT2D eigenvalue weighted by molar-refractivity contribution is 5.96. The first-order chi connectivity index (χ1) is 8.30. The van der Waals surface area contributed by atoms with Crippen LogP contribution >= 0.6 is 0 Å². The maximum Gasteiger partial charge on any atom is 0.228 e. The first kappa shape index (κ1) is 13.1. The number of nitrogens with one attached hydrogen (secondary N) is 1. The maximum absolute atomic E-state index is 12.3. The third kappa shape index (κ3) is 1.93. The van der Waals surface area contributed by atoms with Gasteiger partial charge in [-0.1, -0.05) is 39.8 Å². The van der Waals surface area contributed by atoms with Gasteiger partial charge in [0, 0.05) is 18.2 Å². The second-order valence-corrected chi connectivity index (χ2v) is 6.27. The molecule has 0 bridgehead atoms. The maximum atomic E-state index is 12.3. The van der Waals surface area contributed by atoms with Crippen LogP contribution in [0.5, 0.6) is 0 Å². The molecule has 0 radical (unpaired) electrons. The first-order valence-electron chi connectivity index (χ1n) is 6.40. The molecule has 2 rings (SSSR count). The van der Waals surface area contributed by atoms with Gasteiger partial charge >= 0.3 is 0 Å². The van der Waals surface area contributed by atoms with Gasteiger partial charge in [-0.2, -0.15) is 0 Å². The molecule has 0 aliphatic heterocycles. The second kappa shape index (κ2) is 4.09. The van der Waals surface area contributed by atoms with E-state index in [-0.39, 0.29) is 22.7 Å². The van der Waals surface area contributed by atoms with Gasteiger partial charge in [-0.15, -0.1) is 0 Å². The van der Waals surface area contributed by atoms with E-state index in [0.717, 1.165) is 11.3 Å². The Morgan fingerprint density at radius 1 is 1.28 bits per heavy atom. The highest BCUT2D eigenvalue weighted by atomic mass is 16.2. The molecule has 0 saturated heterocycles. The molecule has 1 aliphatic rings. The quantitative estimate of drug-likeness (QED) is 0.861. The summed E-state index contributed by atoms with van der Waals surface area (Å²) in [5, 5.41) is 3.00. The Bertz CT molecular complexity index is 463. The summed E-state index contributed by atoms with van der Waals surface area (Å²) in [6.07, 6.45) is 0. The predicted molar refractivity (Wildman–Crippen MR) is 74.0 cm³/mol. The fourth-order valence-corrected chi connectivity index (χ4v) is 2.84. The summed E-state index contributed by atoms with van der Waals surface area (Å²) < 4.78 is 0. The SMILES string of the molecule is CC1(C)C(C(=O)Nc2cccc(CN)c2)C1(C)C. The third-order valence-electron chi connectivity index (χ3n) is 4.71. The molecule has 0 aromatic heterocycles. The van der Waals surface area contributed by atoms with Crippen molar-refractivity contribution in [1.82, 2.24) is 0 Å². The van der Waals surface area contributed by atoms with E-state index >= 15 is 0 Å². The van der Waals surface area contributed by atoms with Crippen molar-refractivity contribution in [3.05, 3.63) is 29.8 Å². The second-order valence-electron chi connectivity index (χ2n) is 6.27. The molecule has 1 aromatic rings. The molecular formula is C15H22N2O. The molecule has 3 N–H and O–H groups in total. The highest BCUT2D eigenvalue weighted by Gasteiger charge is 2.68. The number of carbonyl (C=O) groups is 1. The summed E-state index contributed by atoms with van der Waals surface area (Å²) in [5.41, 5.74) is 7.60. The van der Waals surface area contributed by atoms with Gasteiger partial charge in [0.15, 0.2) is 0 Å². The minimum absolute atomic E-state index is 0.0720. The summed E-state index contributed by atoms with van der Waals surface area (Å²) in [5.74, 6) is 0.186. The first-order valence-corrected chi connectivity index (χ1v) is 6.40. The number of rotatable bonds is 3. The monoisotopic (exact) mass is 246 g/mol. The normalized spacial score (nSPS) is 20.5. The summed E-state index contributed by atoms with van der Waals surface area (Å²) in [7, 11) is 0. The van der Waals surface area contributed by atoms with Crippen LogP contribution in [0.15, 0.2) is 24.3 Å². The number of hydrogen-bond acceptors (Lipinski definition) is 2. The standard InChI is InChI=1S/C15H22N2O/c1-14(2)12(15(14,3)4)13(18)17-11-7-5-6-10(8-11)9-16/h5-8,12H,9,16H2,1-4H3,(H,17,18). The largest absolute Gasteiger partial charge is 0.326 e. The number of amides is 1. The van der Waals surface area contributed by atoms with Gasteiger partial charge in [0.1, 0.15) is 0 Å². The van der Waals surface area contributed by atoms with Gasteiger partial charge < -0.3 is 11.1 Å². The van der Waals surface area contributed by atoms with Crippen molar-refractivity contribution in [3.8, 4) is 0 Å². The lowest BCUT2D eigenvalue weighted by molar-refractivity contribution is -0.118. The zero-order chi connectivity index (χ0) is 13.6. The van der Waals surface area contributed by atoms with Gasteiger partial charge in [0.05, 0.1) is 0 Å². The fraction of sp³-hybridized carbons (Fsp3) is 0.533. The van der Waals surface area contributed by atoms with Crippen LogP contribution in [0, 0.1) is 16.7 Å². The molecule has 98 valence electrons. The topological polar surface area (TPSA) is 55.1 Å². The minimum Gasteiger partial charge on any atom is -0.326 e. The van der Waals surface area contributed by atoms with Crippen molar-refractivity contribution in [2.45, 2.75) is 34.2 Å². The Hall–Kier alpha value is -1.35. The Morgan fingerprint density at radius 2 is 1.89 bits per heavy atom.